The zero-order valence-corrected chi connectivity index (χ0v) is 25.8. The normalized spacial score (nSPS) is 40.3. The van der Waals surface area contributed by atoms with Crippen molar-refractivity contribution in [1.29, 1.82) is 5.41 Å². The van der Waals surface area contributed by atoms with Crippen molar-refractivity contribution in [3.63, 3.8) is 0 Å². The first-order chi connectivity index (χ1) is 19.3. The van der Waals surface area contributed by atoms with Crippen LogP contribution in [0.4, 0.5) is 0 Å². The Bertz CT molecular complexity index is 855. The molecule has 3 fully saturated rings. The molecule has 0 spiro atoms. The van der Waals surface area contributed by atoms with Gasteiger partial charge in [0.25, 0.3) is 0 Å². The zero-order chi connectivity index (χ0) is 30.4. The van der Waals surface area contributed by atoms with Gasteiger partial charge in [-0.2, -0.15) is 0 Å². The number of hydrogen-bond acceptors (Lipinski definition) is 11. The lowest BCUT2D eigenvalue weighted by Crippen LogP contribution is -2.63. The van der Waals surface area contributed by atoms with Gasteiger partial charge in [-0.05, 0) is 39.2 Å². The first-order valence-corrected chi connectivity index (χ1v) is 15.3. The van der Waals surface area contributed by atoms with E-state index in [0.29, 0.717) is 25.2 Å². The molecule has 3 aliphatic rings. The third-order valence-electron chi connectivity index (χ3n) is 9.11. The molecule has 41 heavy (non-hydrogen) atoms. The molecule has 0 radical (unpaired) electrons. The van der Waals surface area contributed by atoms with Crippen LogP contribution in [0.5, 0.6) is 0 Å². The van der Waals surface area contributed by atoms with E-state index in [1.165, 1.54) is 0 Å². The number of ether oxygens (including phenoxy) is 4. The van der Waals surface area contributed by atoms with Crippen LogP contribution in [0.15, 0.2) is 12.3 Å². The minimum atomic E-state index is -0.630. The van der Waals surface area contributed by atoms with Crippen LogP contribution >= 0.6 is 0 Å². The number of likely N-dealkylation sites (N-methyl/N-ethyl adjacent to an activating group) is 1. The summed E-state index contributed by atoms with van der Waals surface area (Å²) in [7, 11) is 4.01. The number of aliphatic hydroxyl groups excluding tert-OH is 1. The van der Waals surface area contributed by atoms with Gasteiger partial charge in [-0.1, -0.05) is 33.2 Å². The molecule has 12 nitrogen and oxygen atoms in total. The van der Waals surface area contributed by atoms with Crippen molar-refractivity contribution in [3.8, 4) is 0 Å². The van der Waals surface area contributed by atoms with Crippen molar-refractivity contribution >= 4 is 13.7 Å². The van der Waals surface area contributed by atoms with Gasteiger partial charge in [0.15, 0.2) is 12.6 Å². The second-order valence-corrected chi connectivity index (χ2v) is 12.7. The average molecular weight is 582 g/mol. The summed E-state index contributed by atoms with van der Waals surface area (Å²) in [6, 6.07) is -1.16. The van der Waals surface area contributed by atoms with Crippen molar-refractivity contribution in [1.82, 2.24) is 16.0 Å². The second kappa shape index (κ2) is 15.4. The van der Waals surface area contributed by atoms with Crippen LogP contribution in [-0.2, 0) is 18.9 Å². The van der Waals surface area contributed by atoms with Crippen molar-refractivity contribution in [3.05, 3.63) is 12.3 Å². The highest BCUT2D eigenvalue weighted by Crippen LogP contribution is 2.35. The standard InChI is InChI=1S/C28H56BN7O5/c1-13(15(3)29)17(5)36-22-9-20(32)25(14(2)26(22)40-24-10-21(34-6)23(37)12-38-24)41-28-19(31)8-7-18(39-28)11-35-27(33)16(4)30/h13-16,18-26,28,34,36-37H,5,7-12,29-32H2,1-4,6H3,(H2,33,35). The van der Waals surface area contributed by atoms with Crippen LogP contribution in [0, 0.1) is 17.2 Å². The van der Waals surface area contributed by atoms with E-state index in [-0.39, 0.29) is 72.8 Å². The van der Waals surface area contributed by atoms with Crippen LogP contribution in [0.1, 0.15) is 53.4 Å². The van der Waals surface area contributed by atoms with Crippen LogP contribution in [0.3, 0.4) is 0 Å². The molecule has 2 heterocycles. The summed E-state index contributed by atoms with van der Waals surface area (Å²) in [5.74, 6) is 0.855. The van der Waals surface area contributed by atoms with Crippen molar-refractivity contribution < 1.29 is 24.1 Å². The number of rotatable bonds is 12. The molecule has 2 saturated heterocycles. The minimum absolute atomic E-state index is 0.0980. The van der Waals surface area contributed by atoms with Gasteiger partial charge in [-0.15, -0.1) is 0 Å². The Hall–Kier alpha value is -1.29. The molecule has 0 aromatic rings. The molecule has 1 aliphatic carbocycles. The van der Waals surface area contributed by atoms with Gasteiger partial charge < -0.3 is 57.2 Å². The maximum absolute atomic E-state index is 10.3. The number of allylic oxidation sites excluding steroid dienone is 1. The third-order valence-corrected chi connectivity index (χ3v) is 9.11. The van der Waals surface area contributed by atoms with E-state index < -0.39 is 18.7 Å². The van der Waals surface area contributed by atoms with Crippen molar-refractivity contribution in [2.24, 2.45) is 29.0 Å². The van der Waals surface area contributed by atoms with E-state index in [2.05, 4.69) is 51.1 Å². The molecular weight excluding hydrogens is 525 g/mol. The molecule has 13 heteroatoms. The van der Waals surface area contributed by atoms with Crippen LogP contribution < -0.4 is 33.2 Å². The highest BCUT2D eigenvalue weighted by Gasteiger charge is 2.47. The Labute approximate surface area is 247 Å². The molecule has 0 bridgehead atoms. The van der Waals surface area contributed by atoms with E-state index in [1.807, 2.05) is 7.05 Å². The fourth-order valence-corrected chi connectivity index (χ4v) is 5.89. The predicted octanol–water partition coefficient (Wildman–Crippen LogP) is -0.885. The van der Waals surface area contributed by atoms with Crippen LogP contribution in [0.25, 0.3) is 0 Å². The van der Waals surface area contributed by atoms with Gasteiger partial charge >= 0.3 is 0 Å². The first kappa shape index (κ1) is 34.2. The summed E-state index contributed by atoms with van der Waals surface area (Å²) in [6.07, 6.45) is 0.109. The van der Waals surface area contributed by atoms with E-state index in [4.69, 9.17) is 41.6 Å². The molecular formula is C28H56BN7O5. The number of nitrogens with two attached hydrogens (primary N) is 3. The largest absolute Gasteiger partial charge is 0.389 e. The van der Waals surface area contributed by atoms with Gasteiger partial charge in [-0.3, -0.25) is 5.41 Å². The van der Waals surface area contributed by atoms with Gasteiger partial charge in [0.2, 0.25) is 0 Å². The number of aliphatic hydroxyl groups is 1. The smallest absolute Gasteiger partial charge is 0.173 e. The van der Waals surface area contributed by atoms with E-state index >= 15 is 0 Å². The summed E-state index contributed by atoms with van der Waals surface area (Å²) in [6.45, 7) is 13.2. The fraction of sp³-hybridized carbons (Fsp3) is 0.893. The Kier molecular flexibility index (Phi) is 12.9. The predicted molar refractivity (Wildman–Crippen MR) is 163 cm³/mol. The summed E-state index contributed by atoms with van der Waals surface area (Å²) in [4.78, 5) is 0. The fourth-order valence-electron chi connectivity index (χ4n) is 5.89. The van der Waals surface area contributed by atoms with Gasteiger partial charge in [0.05, 0.1) is 49.1 Å². The molecule has 236 valence electrons. The molecule has 14 atom stereocenters. The van der Waals surface area contributed by atoms with E-state index in [9.17, 15) is 5.11 Å². The quantitative estimate of drug-likeness (QED) is 0.0810. The highest BCUT2D eigenvalue weighted by molar-refractivity contribution is 6.11. The maximum Gasteiger partial charge on any atom is 0.173 e. The lowest BCUT2D eigenvalue weighted by molar-refractivity contribution is -0.267. The summed E-state index contributed by atoms with van der Waals surface area (Å²) in [5, 5.41) is 28.1. The monoisotopic (exact) mass is 581 g/mol. The number of hydrogen-bond donors (Lipinski definition) is 8. The van der Waals surface area contributed by atoms with Crippen LogP contribution in [0.2, 0.25) is 5.82 Å². The van der Waals surface area contributed by atoms with Gasteiger partial charge in [0.1, 0.15) is 13.7 Å². The Morgan fingerprint density at radius 3 is 2.46 bits per heavy atom. The van der Waals surface area contributed by atoms with E-state index in [1.54, 1.807) is 6.92 Å². The molecule has 3 rings (SSSR count). The molecule has 14 unspecified atom stereocenters. The minimum Gasteiger partial charge on any atom is -0.389 e. The molecule has 0 aromatic heterocycles. The number of nitrogens with one attached hydrogen (secondary N) is 4. The lowest BCUT2D eigenvalue weighted by atomic mass is 9.76. The molecule has 1 saturated carbocycles. The number of amidine groups is 1. The molecule has 0 amide bonds. The molecule has 11 N–H and O–H groups in total. The highest BCUT2D eigenvalue weighted by atomic mass is 16.7. The van der Waals surface area contributed by atoms with Crippen molar-refractivity contribution in [2.45, 2.75) is 126 Å². The third kappa shape index (κ3) is 9.10. The average Bonchev–Trinajstić information content (AvgIpc) is 2.93. The molecule has 2 aliphatic heterocycles. The lowest BCUT2D eigenvalue weighted by Gasteiger charge is -2.48. The second-order valence-electron chi connectivity index (χ2n) is 12.7. The van der Waals surface area contributed by atoms with Gasteiger partial charge in [0, 0.05) is 36.7 Å². The Morgan fingerprint density at radius 1 is 1.12 bits per heavy atom. The summed E-state index contributed by atoms with van der Waals surface area (Å²) in [5.41, 5.74) is 20.0. The summed E-state index contributed by atoms with van der Waals surface area (Å²) >= 11 is 0. The SMILES string of the molecule is BC(C)C(C)C(=C)NC1CC(N)C(OC2OC(CNC(=N)C(C)N)CCC2N)C(C)C1OC1CC(NC)C(O)CO1. The van der Waals surface area contributed by atoms with Crippen LogP contribution in [-0.4, -0.2) is 106 Å². The first-order valence-electron chi connectivity index (χ1n) is 15.3. The van der Waals surface area contributed by atoms with E-state index in [0.717, 1.165) is 18.5 Å². The topological polar surface area (TPSA) is 195 Å². The van der Waals surface area contributed by atoms with Crippen molar-refractivity contribution in [2.75, 3.05) is 20.2 Å². The Morgan fingerprint density at radius 2 is 1.83 bits per heavy atom. The van der Waals surface area contributed by atoms with Gasteiger partial charge in [-0.25, -0.2) is 0 Å². The maximum atomic E-state index is 10.3. The molecule has 0 aromatic carbocycles. The zero-order valence-electron chi connectivity index (χ0n) is 25.8. The summed E-state index contributed by atoms with van der Waals surface area (Å²) < 4.78 is 25.4. The Balaban J connectivity index is 1.73.